The van der Waals surface area contributed by atoms with Gasteiger partial charge < -0.3 is 9.97 Å². The van der Waals surface area contributed by atoms with Crippen molar-refractivity contribution in [2.24, 2.45) is 0 Å². The van der Waals surface area contributed by atoms with Crippen LogP contribution in [-0.4, -0.2) is 158 Å². The van der Waals surface area contributed by atoms with Crippen molar-refractivity contribution in [1.82, 2.24) is 39.9 Å². The molecule has 45 heavy (non-hydrogen) atoms. The minimum absolute atomic E-state index is 0. The Kier molecular flexibility index (Phi) is 12.1. The largest absolute Gasteiger partial charge is 0.324 e. The van der Waals surface area contributed by atoms with Gasteiger partial charge in [-0.25, -0.2) is 29.9 Å². The van der Waals surface area contributed by atoms with Crippen LogP contribution in [0.1, 0.15) is 0 Å². The number of nitrogens with zero attached hydrogens (tertiary/aromatic N) is 6. The number of H-pyrrole nitrogens is 2. The van der Waals surface area contributed by atoms with Crippen molar-refractivity contribution < 1.29 is 16.5 Å². The number of hydrogen-bond donors (Lipinski definition) is 2. The molecular weight excluding hydrogens is 647 g/mol. The van der Waals surface area contributed by atoms with Crippen LogP contribution in [0.4, 0.5) is 0 Å². The molecule has 8 nitrogen and oxygen atoms in total. The SMILES string of the molecule is [NaH].[NaH].[NaH].[NaH].[Ni].c1ccc2c(c1)-c1nc-2nc2[nH]c(nc3nc(nc4[nH]c(n1)c1ccccc41)-c1ccccc1-3)c1ccccc21. The van der Waals surface area contributed by atoms with E-state index >= 15 is 0 Å². The molecule has 9 rings (SSSR count). The number of aromatic nitrogens is 8. The first-order valence-electron chi connectivity index (χ1n) is 13.0. The van der Waals surface area contributed by atoms with Gasteiger partial charge in [0, 0.05) is 60.3 Å². The number of rotatable bonds is 0. The number of fused-ring (bicyclic) bond motifs is 20. The van der Waals surface area contributed by atoms with Crippen molar-refractivity contribution in [2.75, 3.05) is 0 Å². The Balaban J connectivity index is 0.000000922. The fourth-order valence-electron chi connectivity index (χ4n) is 5.59. The Morgan fingerprint density at radius 3 is 0.778 bits per heavy atom. The van der Waals surface area contributed by atoms with Crippen molar-refractivity contribution in [3.05, 3.63) is 97.1 Å². The van der Waals surface area contributed by atoms with Crippen molar-refractivity contribution in [2.45, 2.75) is 0 Å². The van der Waals surface area contributed by atoms with E-state index in [0.29, 0.717) is 45.9 Å². The van der Waals surface area contributed by atoms with E-state index in [9.17, 15) is 0 Å². The number of aromatic amines is 2. The maximum atomic E-state index is 5.02. The maximum absolute atomic E-state index is 5.02. The molecule has 7 aromatic rings. The summed E-state index contributed by atoms with van der Waals surface area (Å²) in [6.45, 7) is 0. The molecule has 8 bridgehead atoms. The smallest absolute Gasteiger partial charge is 0.164 e. The van der Waals surface area contributed by atoms with E-state index in [2.05, 4.69) is 9.97 Å². The quantitative estimate of drug-likeness (QED) is 0.234. The van der Waals surface area contributed by atoms with Gasteiger partial charge in [-0.1, -0.05) is 97.1 Å². The molecule has 0 spiro atoms. The molecule has 0 amide bonds. The zero-order valence-electron chi connectivity index (χ0n) is 21.2. The van der Waals surface area contributed by atoms with Crippen LogP contribution in [0.5, 0.6) is 0 Å². The third-order valence-corrected chi connectivity index (χ3v) is 7.46. The van der Waals surface area contributed by atoms with Crippen LogP contribution in [0.3, 0.4) is 0 Å². The molecule has 0 aliphatic carbocycles. The molecule has 2 N–H and O–H groups in total. The predicted molar refractivity (Wildman–Crippen MR) is 185 cm³/mol. The Hall–Kier alpha value is -1.27. The summed E-state index contributed by atoms with van der Waals surface area (Å²) >= 11 is 0. The fraction of sp³-hybridized carbons (Fsp3) is 0. The maximum Gasteiger partial charge on any atom is 0.164 e. The normalized spacial score (nSPS) is 10.7. The van der Waals surface area contributed by atoms with Gasteiger partial charge >= 0.3 is 118 Å². The number of benzene rings is 4. The van der Waals surface area contributed by atoms with E-state index in [4.69, 9.17) is 29.9 Å². The fourth-order valence-corrected chi connectivity index (χ4v) is 5.59. The van der Waals surface area contributed by atoms with Gasteiger partial charge in [0.1, 0.15) is 22.6 Å². The first kappa shape index (κ1) is 36.6. The summed E-state index contributed by atoms with van der Waals surface area (Å²) in [5.74, 6) is 2.39. The molecule has 3 aromatic heterocycles. The summed E-state index contributed by atoms with van der Waals surface area (Å²) < 4.78 is 0. The van der Waals surface area contributed by atoms with Crippen LogP contribution in [0.25, 0.3) is 89.7 Å². The van der Waals surface area contributed by atoms with Crippen LogP contribution in [-0.2, 0) is 16.5 Å². The number of hydrogen-bond acceptors (Lipinski definition) is 6. The molecular formula is C32H22N8Na4Ni. The Bertz CT molecular complexity index is 2050. The van der Waals surface area contributed by atoms with Gasteiger partial charge in [0.2, 0.25) is 0 Å². The molecule has 5 heterocycles. The minimum atomic E-state index is 0. The van der Waals surface area contributed by atoms with Gasteiger partial charge in [-0.2, -0.15) is 0 Å². The molecule has 0 radical (unpaired) electrons. The van der Waals surface area contributed by atoms with E-state index in [-0.39, 0.29) is 135 Å². The summed E-state index contributed by atoms with van der Waals surface area (Å²) in [7, 11) is 0. The second kappa shape index (κ2) is 14.9. The molecule has 2 aliphatic heterocycles. The summed E-state index contributed by atoms with van der Waals surface area (Å²) in [6, 6.07) is 32.2. The van der Waals surface area contributed by atoms with Crippen LogP contribution in [0, 0.1) is 0 Å². The monoisotopic (exact) mass is 668 g/mol. The van der Waals surface area contributed by atoms with Crippen molar-refractivity contribution in [3.63, 3.8) is 0 Å². The molecule has 2 aliphatic rings. The predicted octanol–water partition coefficient (Wildman–Crippen LogP) is 4.27. The molecule has 4 aromatic carbocycles. The average Bonchev–Trinajstić information content (AvgIpc) is 3.73. The molecule has 0 unspecified atom stereocenters. The first-order valence-corrected chi connectivity index (χ1v) is 13.0. The van der Waals surface area contributed by atoms with Gasteiger partial charge in [-0.05, 0) is 0 Å². The Morgan fingerprint density at radius 2 is 0.533 bits per heavy atom. The van der Waals surface area contributed by atoms with Gasteiger partial charge in [-0.3, -0.25) is 0 Å². The second-order valence-corrected chi connectivity index (χ2v) is 9.79. The van der Waals surface area contributed by atoms with Crippen LogP contribution in [0.15, 0.2) is 97.1 Å². The Morgan fingerprint density at radius 1 is 0.311 bits per heavy atom. The average molecular weight is 669 g/mol. The van der Waals surface area contributed by atoms with Gasteiger partial charge in [0.05, 0.1) is 0 Å². The van der Waals surface area contributed by atoms with E-state index in [1.807, 2.05) is 97.1 Å². The van der Waals surface area contributed by atoms with Gasteiger partial charge in [0.15, 0.2) is 23.3 Å². The van der Waals surface area contributed by atoms with Gasteiger partial charge in [0.25, 0.3) is 0 Å². The standard InChI is InChI=1S/C32H18N8.4Na.Ni.4H/c1-2-10-18-17(9-1)25-33-26(18)38-28-21-13-5-6-14-22(21)30(35-28)40-32-24-16-8-7-15-23(24)31(36-32)39-29-20-12-4-3-11-19(20)27(34-29)37-25;;;;;;;;;/h1-16H,(H2,33,34,35,36,37,38,39,40);;;;;;;;;. The van der Waals surface area contributed by atoms with Crippen molar-refractivity contribution in [1.29, 1.82) is 0 Å². The van der Waals surface area contributed by atoms with E-state index in [0.717, 1.165) is 43.8 Å². The summed E-state index contributed by atoms with van der Waals surface area (Å²) in [4.78, 5) is 36.8. The molecule has 0 saturated carbocycles. The molecule has 0 saturated heterocycles. The summed E-state index contributed by atoms with van der Waals surface area (Å²) in [6.07, 6.45) is 0. The Labute approximate surface area is 356 Å². The van der Waals surface area contributed by atoms with E-state index in [1.54, 1.807) is 0 Å². The minimum Gasteiger partial charge on any atom is -0.324 e. The van der Waals surface area contributed by atoms with Crippen LogP contribution >= 0.6 is 0 Å². The second-order valence-electron chi connectivity index (χ2n) is 9.79. The topological polar surface area (TPSA) is 109 Å². The zero-order chi connectivity index (χ0) is 26.2. The van der Waals surface area contributed by atoms with E-state index in [1.165, 1.54) is 0 Å². The zero-order valence-corrected chi connectivity index (χ0v) is 22.2. The summed E-state index contributed by atoms with van der Waals surface area (Å²) in [5.41, 5.74) is 6.45. The van der Waals surface area contributed by atoms with Crippen LogP contribution < -0.4 is 0 Å². The molecule has 0 atom stereocenters. The molecule has 204 valence electrons. The molecule has 0 fully saturated rings. The summed E-state index contributed by atoms with van der Waals surface area (Å²) in [5, 5.41) is 3.82. The van der Waals surface area contributed by atoms with Crippen molar-refractivity contribution in [3.8, 4) is 45.6 Å². The third kappa shape index (κ3) is 6.22. The first-order chi connectivity index (χ1) is 19.8. The molecule has 13 heteroatoms. The van der Waals surface area contributed by atoms with E-state index < -0.39 is 0 Å². The third-order valence-electron chi connectivity index (χ3n) is 7.46. The van der Waals surface area contributed by atoms with Crippen molar-refractivity contribution >= 4 is 162 Å². The van der Waals surface area contributed by atoms with Gasteiger partial charge in [-0.15, -0.1) is 0 Å². The number of nitrogens with one attached hydrogen (secondary N) is 2. The van der Waals surface area contributed by atoms with Crippen LogP contribution in [0.2, 0.25) is 0 Å².